The zero-order valence-corrected chi connectivity index (χ0v) is 18.0. The summed E-state index contributed by atoms with van der Waals surface area (Å²) in [5, 5.41) is 9.11. The lowest BCUT2D eigenvalue weighted by molar-refractivity contribution is -0.190. The highest BCUT2D eigenvalue weighted by Crippen LogP contribution is 2.48. The summed E-state index contributed by atoms with van der Waals surface area (Å²) >= 11 is 0. The number of hydrogen-bond donors (Lipinski definition) is 1. The Labute approximate surface area is 192 Å². The van der Waals surface area contributed by atoms with Crippen molar-refractivity contribution in [3.05, 3.63) is 65.8 Å². The second-order valence-electron chi connectivity index (χ2n) is 7.31. The van der Waals surface area contributed by atoms with E-state index in [9.17, 15) is 31.1 Å². The van der Waals surface area contributed by atoms with Crippen molar-refractivity contribution >= 4 is 5.97 Å². The Morgan fingerprint density at radius 1 is 1.21 bits per heavy atom. The Kier molecular flexibility index (Phi) is 8.99. The van der Waals surface area contributed by atoms with Crippen LogP contribution in [0.2, 0.25) is 0 Å². The number of hydrogen-bond acceptors (Lipinski definition) is 3. The normalized spacial score (nSPS) is 19.3. The zero-order chi connectivity index (χ0) is 25.4. The molecule has 4 nitrogen and oxygen atoms in total. The van der Waals surface area contributed by atoms with E-state index in [2.05, 4.69) is 5.92 Å². The first kappa shape index (κ1) is 27.1. The Bertz CT molecular complexity index is 994. The minimum absolute atomic E-state index is 0.0483. The lowest BCUT2D eigenvalue weighted by Gasteiger charge is -2.31. The second-order valence-corrected chi connectivity index (χ2v) is 7.31. The maximum atomic E-state index is 13.5. The number of carboxylic acids is 1. The molecular formula is C24H22F6O4. The largest absolute Gasteiger partial charge is 0.490 e. The predicted molar refractivity (Wildman–Crippen MR) is 112 cm³/mol. The van der Waals surface area contributed by atoms with Gasteiger partial charge in [-0.15, -0.1) is 0 Å². The summed E-state index contributed by atoms with van der Waals surface area (Å²) in [5.41, 5.74) is -3.52. The van der Waals surface area contributed by atoms with Gasteiger partial charge < -0.3 is 14.6 Å². The van der Waals surface area contributed by atoms with E-state index in [1.54, 1.807) is 31.2 Å². The molecule has 0 radical (unpaired) electrons. The molecule has 0 amide bonds. The van der Waals surface area contributed by atoms with Crippen LogP contribution in [0.3, 0.4) is 0 Å². The molecule has 1 aliphatic carbocycles. The first-order valence-electron chi connectivity index (χ1n) is 10.1. The van der Waals surface area contributed by atoms with Gasteiger partial charge in [-0.2, -0.15) is 26.3 Å². The van der Waals surface area contributed by atoms with E-state index in [4.69, 9.17) is 14.6 Å². The van der Waals surface area contributed by atoms with Crippen LogP contribution < -0.4 is 4.74 Å². The Morgan fingerprint density at radius 2 is 1.88 bits per heavy atom. The Balaban J connectivity index is 1.97. The minimum atomic E-state index is -4.99. The molecule has 2 rings (SSSR count). The minimum Gasteiger partial charge on any atom is -0.490 e. The summed E-state index contributed by atoms with van der Waals surface area (Å²) in [5.74, 6) is 3.43. The van der Waals surface area contributed by atoms with Crippen LogP contribution in [0.15, 0.2) is 60.2 Å². The van der Waals surface area contributed by atoms with E-state index in [1.165, 1.54) is 6.08 Å². The van der Waals surface area contributed by atoms with Crippen LogP contribution in [0.25, 0.3) is 0 Å². The molecule has 1 N–H and O–H groups in total. The molecule has 0 fully saturated rings. The molecular weight excluding hydrogens is 466 g/mol. The Hall–Kier alpha value is -3.19. The third kappa shape index (κ3) is 7.42. The van der Waals surface area contributed by atoms with Crippen LogP contribution in [0.4, 0.5) is 26.3 Å². The highest BCUT2D eigenvalue weighted by Gasteiger charge is 2.55. The number of halogens is 6. The molecule has 0 saturated carbocycles. The molecule has 1 aromatic carbocycles. The van der Waals surface area contributed by atoms with Gasteiger partial charge in [0.05, 0.1) is 0 Å². The van der Waals surface area contributed by atoms with Crippen molar-refractivity contribution in [2.24, 2.45) is 5.41 Å². The number of carboxylic acid groups (broad SMARTS) is 1. The van der Waals surface area contributed by atoms with Crippen molar-refractivity contribution in [3.8, 4) is 17.6 Å². The fourth-order valence-corrected chi connectivity index (χ4v) is 3.07. The number of alkyl halides is 6. The quantitative estimate of drug-likeness (QED) is 0.379. The number of allylic oxidation sites excluding steroid dienone is 5. The predicted octanol–water partition coefficient (Wildman–Crippen LogP) is 5.65. The van der Waals surface area contributed by atoms with Crippen molar-refractivity contribution in [2.45, 2.75) is 38.2 Å². The summed E-state index contributed by atoms with van der Waals surface area (Å²) in [7, 11) is 0. The highest BCUT2D eigenvalue weighted by molar-refractivity contribution is 5.72. The van der Waals surface area contributed by atoms with Crippen LogP contribution in [-0.2, 0) is 16.0 Å². The highest BCUT2D eigenvalue weighted by atomic mass is 19.4. The van der Waals surface area contributed by atoms with E-state index in [0.717, 1.165) is 12.2 Å². The van der Waals surface area contributed by atoms with Crippen molar-refractivity contribution in [3.63, 3.8) is 0 Å². The number of ether oxygens (including phenoxy) is 2. The van der Waals surface area contributed by atoms with Gasteiger partial charge in [0, 0.05) is 25.0 Å². The number of carbonyl (C=O) groups is 1. The summed E-state index contributed by atoms with van der Waals surface area (Å²) in [6.07, 6.45) is -7.62. The van der Waals surface area contributed by atoms with Crippen molar-refractivity contribution in [1.29, 1.82) is 0 Å². The zero-order valence-electron chi connectivity index (χ0n) is 18.0. The van der Waals surface area contributed by atoms with Crippen LogP contribution in [0.1, 0.15) is 18.9 Å². The molecule has 0 spiro atoms. The molecule has 184 valence electrons. The fourth-order valence-electron chi connectivity index (χ4n) is 3.07. The van der Waals surface area contributed by atoms with Gasteiger partial charge in [-0.1, -0.05) is 42.2 Å². The van der Waals surface area contributed by atoms with E-state index < -0.39 is 41.8 Å². The van der Waals surface area contributed by atoms with E-state index in [-0.39, 0.29) is 19.6 Å². The molecule has 0 saturated heterocycles. The van der Waals surface area contributed by atoms with Gasteiger partial charge in [0.2, 0.25) is 0 Å². The molecule has 0 aromatic heterocycles. The van der Waals surface area contributed by atoms with Gasteiger partial charge in [-0.05, 0) is 36.8 Å². The molecule has 0 heterocycles. The first-order valence-corrected chi connectivity index (χ1v) is 10.1. The number of benzene rings is 1. The molecule has 2 atom stereocenters. The van der Waals surface area contributed by atoms with Crippen LogP contribution in [-0.4, -0.2) is 42.7 Å². The molecule has 1 unspecified atom stereocenters. The van der Waals surface area contributed by atoms with E-state index >= 15 is 0 Å². The number of aliphatic carboxylic acids is 1. The molecule has 0 bridgehead atoms. The third-order valence-electron chi connectivity index (χ3n) is 4.85. The maximum Gasteiger partial charge on any atom is 0.412 e. The maximum absolute atomic E-state index is 13.5. The lowest BCUT2D eigenvalue weighted by atomic mass is 9.78. The molecule has 34 heavy (non-hydrogen) atoms. The number of rotatable bonds is 8. The molecule has 1 aliphatic rings. The monoisotopic (exact) mass is 488 g/mol. The van der Waals surface area contributed by atoms with Gasteiger partial charge in [-0.25, -0.2) is 4.79 Å². The fraction of sp³-hybridized carbons (Fsp3) is 0.375. The van der Waals surface area contributed by atoms with Crippen molar-refractivity contribution in [1.82, 2.24) is 0 Å². The first-order chi connectivity index (χ1) is 15.9. The van der Waals surface area contributed by atoms with Crippen molar-refractivity contribution in [2.75, 3.05) is 13.2 Å². The SMILES string of the molecule is CCO[C@@H](Cc1ccc(OC/C=C/C#CC2(C(F)(F)F)C=CC=C(C(F)(F)F)C2)cc1)C(=O)O. The second kappa shape index (κ2) is 11.3. The average molecular weight is 488 g/mol. The molecule has 0 aliphatic heterocycles. The average Bonchev–Trinajstić information content (AvgIpc) is 2.75. The molecule has 10 heteroatoms. The van der Waals surface area contributed by atoms with E-state index in [0.29, 0.717) is 23.5 Å². The summed E-state index contributed by atoms with van der Waals surface area (Å²) < 4.78 is 89.8. The van der Waals surface area contributed by atoms with Gasteiger partial charge >= 0.3 is 18.3 Å². The lowest BCUT2D eigenvalue weighted by Crippen LogP contribution is -2.38. The summed E-state index contributed by atoms with van der Waals surface area (Å²) in [6, 6.07) is 6.50. The smallest absolute Gasteiger partial charge is 0.412 e. The van der Waals surface area contributed by atoms with Crippen LogP contribution >= 0.6 is 0 Å². The van der Waals surface area contributed by atoms with Gasteiger partial charge in [0.1, 0.15) is 17.8 Å². The van der Waals surface area contributed by atoms with Gasteiger partial charge in [-0.3, -0.25) is 0 Å². The van der Waals surface area contributed by atoms with Gasteiger partial charge in [0.25, 0.3) is 0 Å². The van der Waals surface area contributed by atoms with Crippen LogP contribution in [0, 0.1) is 17.3 Å². The Morgan fingerprint density at radius 3 is 2.44 bits per heavy atom. The summed E-state index contributed by atoms with van der Waals surface area (Å²) in [4.78, 5) is 11.1. The topological polar surface area (TPSA) is 55.8 Å². The van der Waals surface area contributed by atoms with E-state index in [1.807, 2.05) is 5.92 Å². The van der Waals surface area contributed by atoms with Crippen molar-refractivity contribution < 1.29 is 45.7 Å². The summed E-state index contributed by atoms with van der Waals surface area (Å²) in [6.45, 7) is 1.90. The molecule has 1 aromatic rings. The van der Waals surface area contributed by atoms with Crippen LogP contribution in [0.5, 0.6) is 5.75 Å². The van der Waals surface area contributed by atoms with Gasteiger partial charge in [0.15, 0.2) is 6.10 Å². The standard InChI is InChI=1S/C24H22F6O4/c1-2-33-20(21(31)32)15-17-8-10-19(11-9-17)34-14-5-3-4-12-22(24(28,29)30)13-6-7-18(16-22)23(25,26)27/h3,5-11,13,20H,2,14-16H2,1H3,(H,31,32)/b5-3+/t20-,22?/m0/s1. The third-order valence-corrected chi connectivity index (χ3v) is 4.85.